The molecule has 174 valence electrons. The summed E-state index contributed by atoms with van der Waals surface area (Å²) >= 11 is 6.23. The SMILES string of the molecule is COc1ccc(Cl)cc1-c1cccc(-n2cncc2C(=O)NC2CCC(C(C)(C)C)CC2)c1. The molecule has 4 rings (SSSR count). The summed E-state index contributed by atoms with van der Waals surface area (Å²) in [6, 6.07) is 13.7. The molecule has 6 heteroatoms. The number of carbonyl (C=O) groups is 1. The third-order valence-electron chi connectivity index (χ3n) is 6.76. The van der Waals surface area contributed by atoms with Crippen molar-refractivity contribution in [1.29, 1.82) is 0 Å². The predicted octanol–water partition coefficient (Wildman–Crippen LogP) is 6.54. The standard InChI is InChI=1S/C27H32ClN3O2/c1-27(2,3)19-8-11-21(12-9-19)30-26(32)24-16-29-17-31(24)22-7-5-6-18(14-22)23-15-20(28)10-13-25(23)33-4/h5-7,10,13-17,19,21H,8-9,11-12H2,1-4H3,(H,30,32). The topological polar surface area (TPSA) is 56.2 Å². The van der Waals surface area contributed by atoms with Crippen LogP contribution in [-0.2, 0) is 0 Å². The van der Waals surface area contributed by atoms with E-state index in [9.17, 15) is 4.79 Å². The third-order valence-corrected chi connectivity index (χ3v) is 6.99. The molecule has 0 atom stereocenters. The van der Waals surface area contributed by atoms with Gasteiger partial charge in [0.15, 0.2) is 0 Å². The molecule has 1 N–H and O–H groups in total. The molecule has 0 bridgehead atoms. The van der Waals surface area contributed by atoms with E-state index in [2.05, 4.69) is 31.1 Å². The van der Waals surface area contributed by atoms with Gasteiger partial charge in [-0.15, -0.1) is 0 Å². The largest absolute Gasteiger partial charge is 0.496 e. The first kappa shape index (κ1) is 23.4. The number of imidazole rings is 1. The van der Waals surface area contributed by atoms with Crippen LogP contribution in [0.4, 0.5) is 0 Å². The summed E-state index contributed by atoms with van der Waals surface area (Å²) < 4.78 is 7.35. The van der Waals surface area contributed by atoms with E-state index in [4.69, 9.17) is 16.3 Å². The Morgan fingerprint density at radius 2 is 1.88 bits per heavy atom. The van der Waals surface area contributed by atoms with Crippen LogP contribution in [0.3, 0.4) is 0 Å². The van der Waals surface area contributed by atoms with Crippen molar-refractivity contribution in [3.05, 3.63) is 65.7 Å². The van der Waals surface area contributed by atoms with E-state index in [0.717, 1.165) is 48.2 Å². The van der Waals surface area contributed by atoms with Crippen LogP contribution in [0.25, 0.3) is 16.8 Å². The molecule has 1 fully saturated rings. The predicted molar refractivity (Wildman–Crippen MR) is 133 cm³/mol. The van der Waals surface area contributed by atoms with Crippen LogP contribution in [0.2, 0.25) is 5.02 Å². The van der Waals surface area contributed by atoms with Crippen LogP contribution < -0.4 is 10.1 Å². The van der Waals surface area contributed by atoms with Gasteiger partial charge in [0.1, 0.15) is 11.4 Å². The second-order valence-corrected chi connectivity index (χ2v) is 10.4. The normalized spacial score (nSPS) is 18.7. The Hall–Kier alpha value is -2.79. The van der Waals surface area contributed by atoms with Gasteiger partial charge in [-0.05, 0) is 72.9 Å². The molecule has 1 aliphatic carbocycles. The Morgan fingerprint density at radius 1 is 1.12 bits per heavy atom. The van der Waals surface area contributed by atoms with E-state index in [-0.39, 0.29) is 11.9 Å². The fourth-order valence-electron chi connectivity index (χ4n) is 4.76. The summed E-state index contributed by atoms with van der Waals surface area (Å²) in [6.45, 7) is 6.92. The lowest BCUT2D eigenvalue weighted by Crippen LogP contribution is -2.40. The van der Waals surface area contributed by atoms with Crippen molar-refractivity contribution < 1.29 is 9.53 Å². The molecule has 1 amide bonds. The number of aromatic nitrogens is 2. The van der Waals surface area contributed by atoms with Gasteiger partial charge in [0.25, 0.3) is 5.91 Å². The van der Waals surface area contributed by atoms with Crippen LogP contribution in [-0.4, -0.2) is 28.6 Å². The smallest absolute Gasteiger partial charge is 0.270 e. The Balaban J connectivity index is 1.53. The number of carbonyl (C=O) groups excluding carboxylic acids is 1. The van der Waals surface area contributed by atoms with E-state index in [1.807, 2.05) is 41.0 Å². The fourth-order valence-corrected chi connectivity index (χ4v) is 4.93. The minimum atomic E-state index is -0.0857. The van der Waals surface area contributed by atoms with Crippen LogP contribution in [0.5, 0.6) is 5.75 Å². The number of hydrogen-bond donors (Lipinski definition) is 1. The monoisotopic (exact) mass is 465 g/mol. The van der Waals surface area contributed by atoms with Gasteiger partial charge in [-0.1, -0.05) is 44.5 Å². The molecular formula is C27H32ClN3O2. The van der Waals surface area contributed by atoms with Crippen molar-refractivity contribution in [3.8, 4) is 22.6 Å². The second-order valence-electron chi connectivity index (χ2n) is 9.93. The minimum Gasteiger partial charge on any atom is -0.496 e. The molecular weight excluding hydrogens is 434 g/mol. The highest BCUT2D eigenvalue weighted by molar-refractivity contribution is 6.31. The molecule has 5 nitrogen and oxygen atoms in total. The van der Waals surface area contributed by atoms with Gasteiger partial charge in [-0.25, -0.2) is 4.98 Å². The Kier molecular flexibility index (Phi) is 6.80. The van der Waals surface area contributed by atoms with Crippen molar-refractivity contribution in [3.63, 3.8) is 0 Å². The van der Waals surface area contributed by atoms with Crippen LogP contribution in [0, 0.1) is 11.3 Å². The molecule has 1 aliphatic rings. The van der Waals surface area contributed by atoms with Gasteiger partial charge >= 0.3 is 0 Å². The Bertz CT molecular complexity index is 1120. The molecule has 1 heterocycles. The Morgan fingerprint density at radius 3 is 2.58 bits per heavy atom. The average molecular weight is 466 g/mol. The maximum atomic E-state index is 13.1. The summed E-state index contributed by atoms with van der Waals surface area (Å²) in [5.41, 5.74) is 3.56. The molecule has 0 spiro atoms. The highest BCUT2D eigenvalue weighted by Crippen LogP contribution is 2.38. The molecule has 33 heavy (non-hydrogen) atoms. The van der Waals surface area contributed by atoms with Crippen molar-refractivity contribution in [2.24, 2.45) is 11.3 Å². The van der Waals surface area contributed by atoms with Crippen molar-refractivity contribution in [2.45, 2.75) is 52.5 Å². The molecule has 1 aromatic heterocycles. The number of ether oxygens (including phenoxy) is 1. The highest BCUT2D eigenvalue weighted by Gasteiger charge is 2.30. The third kappa shape index (κ3) is 5.25. The number of benzene rings is 2. The summed E-state index contributed by atoms with van der Waals surface area (Å²) in [5.74, 6) is 1.37. The lowest BCUT2D eigenvalue weighted by Gasteiger charge is -2.37. The zero-order valence-corrected chi connectivity index (χ0v) is 20.5. The minimum absolute atomic E-state index is 0.0857. The van der Waals surface area contributed by atoms with E-state index >= 15 is 0 Å². The van der Waals surface area contributed by atoms with E-state index in [1.165, 1.54) is 0 Å². The van der Waals surface area contributed by atoms with Gasteiger partial charge in [-0.3, -0.25) is 9.36 Å². The van der Waals surface area contributed by atoms with Gasteiger partial charge in [0.2, 0.25) is 0 Å². The van der Waals surface area contributed by atoms with Crippen LogP contribution in [0.1, 0.15) is 56.9 Å². The van der Waals surface area contributed by atoms with Crippen molar-refractivity contribution >= 4 is 17.5 Å². The number of nitrogens with one attached hydrogen (secondary N) is 1. The lowest BCUT2D eigenvalue weighted by molar-refractivity contribution is 0.0897. The number of halogens is 1. The van der Waals surface area contributed by atoms with E-state index in [1.54, 1.807) is 25.7 Å². The van der Waals surface area contributed by atoms with Crippen molar-refractivity contribution in [2.75, 3.05) is 7.11 Å². The molecule has 3 aromatic rings. The zero-order chi connectivity index (χ0) is 23.6. The first-order valence-corrected chi connectivity index (χ1v) is 11.9. The van der Waals surface area contributed by atoms with E-state index in [0.29, 0.717) is 22.0 Å². The number of amides is 1. The lowest BCUT2D eigenvalue weighted by atomic mass is 9.71. The average Bonchev–Trinajstić information content (AvgIpc) is 3.29. The van der Waals surface area contributed by atoms with Crippen LogP contribution >= 0.6 is 11.6 Å². The number of hydrogen-bond acceptors (Lipinski definition) is 3. The van der Waals surface area contributed by atoms with E-state index < -0.39 is 0 Å². The molecule has 0 saturated heterocycles. The summed E-state index contributed by atoms with van der Waals surface area (Å²) in [5, 5.41) is 3.88. The number of nitrogens with zero attached hydrogens (tertiary/aromatic N) is 2. The molecule has 2 aromatic carbocycles. The number of methoxy groups -OCH3 is 1. The molecule has 0 unspecified atom stereocenters. The van der Waals surface area contributed by atoms with Crippen molar-refractivity contribution in [1.82, 2.24) is 14.9 Å². The maximum Gasteiger partial charge on any atom is 0.270 e. The molecule has 0 aliphatic heterocycles. The highest BCUT2D eigenvalue weighted by atomic mass is 35.5. The number of rotatable bonds is 5. The summed E-state index contributed by atoms with van der Waals surface area (Å²) in [7, 11) is 1.64. The van der Waals surface area contributed by atoms with Crippen LogP contribution in [0.15, 0.2) is 55.0 Å². The van der Waals surface area contributed by atoms with Gasteiger partial charge in [-0.2, -0.15) is 0 Å². The second kappa shape index (κ2) is 9.60. The Labute approximate surface area is 201 Å². The summed E-state index contributed by atoms with van der Waals surface area (Å²) in [4.78, 5) is 17.4. The van der Waals surface area contributed by atoms with Gasteiger partial charge in [0, 0.05) is 22.3 Å². The molecule has 1 saturated carbocycles. The first-order chi connectivity index (χ1) is 15.8. The quantitative estimate of drug-likeness (QED) is 0.465. The maximum absolute atomic E-state index is 13.1. The first-order valence-electron chi connectivity index (χ1n) is 11.5. The molecule has 0 radical (unpaired) electrons. The van der Waals surface area contributed by atoms with Gasteiger partial charge < -0.3 is 10.1 Å². The fraction of sp³-hybridized carbons (Fsp3) is 0.407. The summed E-state index contributed by atoms with van der Waals surface area (Å²) in [6.07, 6.45) is 7.65. The van der Waals surface area contributed by atoms with Gasteiger partial charge in [0.05, 0.1) is 19.6 Å². The zero-order valence-electron chi connectivity index (χ0n) is 19.8.